The van der Waals surface area contributed by atoms with Gasteiger partial charge in [-0.2, -0.15) is 0 Å². The Balaban J connectivity index is 2.08. The Hall–Kier alpha value is -2.49. The van der Waals surface area contributed by atoms with Crippen LogP contribution in [-0.2, 0) is 4.79 Å². The van der Waals surface area contributed by atoms with Crippen LogP contribution in [0.15, 0.2) is 54.6 Å². The molecule has 1 atom stereocenters. The maximum absolute atomic E-state index is 11.4. The molecule has 2 aromatic rings. The van der Waals surface area contributed by atoms with Crippen LogP contribution in [0.2, 0.25) is 0 Å². The Morgan fingerprint density at radius 3 is 2.35 bits per heavy atom. The largest absolute Gasteiger partial charge is 0.497 e. The van der Waals surface area contributed by atoms with Gasteiger partial charge in [0.25, 0.3) is 0 Å². The number of aliphatic carboxylic acids is 1. The van der Waals surface area contributed by atoms with Crippen LogP contribution in [0.4, 0.5) is 5.69 Å². The van der Waals surface area contributed by atoms with E-state index < -0.39 is 11.9 Å². The summed E-state index contributed by atoms with van der Waals surface area (Å²) in [6, 6.07) is 16.7. The Morgan fingerprint density at radius 2 is 1.80 bits per heavy atom. The van der Waals surface area contributed by atoms with Gasteiger partial charge in [0.05, 0.1) is 13.0 Å². The number of para-hydroxylation sites is 1. The van der Waals surface area contributed by atoms with Gasteiger partial charge in [-0.15, -0.1) is 0 Å². The van der Waals surface area contributed by atoms with Crippen molar-refractivity contribution in [2.24, 2.45) is 0 Å². The monoisotopic (exact) mass is 271 g/mol. The van der Waals surface area contributed by atoms with Crippen LogP contribution in [0.25, 0.3) is 0 Å². The van der Waals surface area contributed by atoms with E-state index in [1.807, 2.05) is 30.3 Å². The van der Waals surface area contributed by atoms with Crippen molar-refractivity contribution in [1.82, 2.24) is 0 Å². The predicted octanol–water partition coefficient (Wildman–Crippen LogP) is 2.98. The molecule has 2 rings (SSSR count). The fourth-order valence-electron chi connectivity index (χ4n) is 1.96. The van der Waals surface area contributed by atoms with Crippen molar-refractivity contribution in [3.63, 3.8) is 0 Å². The molecule has 0 fully saturated rings. The Morgan fingerprint density at radius 1 is 1.15 bits per heavy atom. The number of benzene rings is 2. The van der Waals surface area contributed by atoms with E-state index in [9.17, 15) is 9.90 Å². The van der Waals surface area contributed by atoms with E-state index in [1.54, 1.807) is 31.4 Å². The molecule has 0 aromatic heterocycles. The van der Waals surface area contributed by atoms with Crippen molar-refractivity contribution in [1.29, 1.82) is 0 Å². The normalized spacial score (nSPS) is 11.7. The molecule has 0 saturated carbocycles. The standard InChI is InChI=1S/C16H17NO3/c1-20-14-9-7-12(8-10-14)15(16(18)19)11-17-13-5-3-2-4-6-13/h2-10,15,17H,11H2,1H3,(H,18,19). The molecular weight excluding hydrogens is 254 g/mol. The number of hydrogen-bond donors (Lipinski definition) is 2. The van der Waals surface area contributed by atoms with E-state index in [0.29, 0.717) is 12.3 Å². The van der Waals surface area contributed by atoms with Gasteiger partial charge < -0.3 is 15.2 Å². The van der Waals surface area contributed by atoms with E-state index >= 15 is 0 Å². The molecule has 0 amide bonds. The Bertz CT molecular complexity index is 552. The number of anilines is 1. The van der Waals surface area contributed by atoms with Crippen molar-refractivity contribution >= 4 is 11.7 Å². The molecule has 104 valence electrons. The van der Waals surface area contributed by atoms with Crippen molar-refractivity contribution < 1.29 is 14.6 Å². The number of hydrogen-bond acceptors (Lipinski definition) is 3. The molecule has 2 aromatic carbocycles. The minimum atomic E-state index is -0.849. The minimum absolute atomic E-state index is 0.339. The van der Waals surface area contributed by atoms with Gasteiger partial charge in [-0.1, -0.05) is 30.3 Å². The van der Waals surface area contributed by atoms with Gasteiger partial charge in [0.2, 0.25) is 0 Å². The lowest BCUT2D eigenvalue weighted by molar-refractivity contribution is -0.138. The highest BCUT2D eigenvalue weighted by Crippen LogP contribution is 2.20. The highest BCUT2D eigenvalue weighted by atomic mass is 16.5. The van der Waals surface area contributed by atoms with Crippen LogP contribution in [0.5, 0.6) is 5.75 Å². The summed E-state index contributed by atoms with van der Waals surface area (Å²) >= 11 is 0. The summed E-state index contributed by atoms with van der Waals surface area (Å²) in [6.07, 6.45) is 0. The summed E-state index contributed by atoms with van der Waals surface area (Å²) in [7, 11) is 1.58. The Kier molecular flexibility index (Phi) is 4.60. The number of methoxy groups -OCH3 is 1. The van der Waals surface area contributed by atoms with E-state index in [1.165, 1.54) is 0 Å². The highest BCUT2D eigenvalue weighted by molar-refractivity contribution is 5.77. The molecule has 0 radical (unpaired) electrons. The summed E-state index contributed by atoms with van der Waals surface area (Å²) in [5.41, 5.74) is 1.66. The van der Waals surface area contributed by atoms with Gasteiger partial charge in [-0.3, -0.25) is 4.79 Å². The molecule has 0 bridgehead atoms. The number of carbonyl (C=O) groups is 1. The van der Waals surface area contributed by atoms with E-state index in [2.05, 4.69) is 5.32 Å². The minimum Gasteiger partial charge on any atom is -0.497 e. The molecule has 20 heavy (non-hydrogen) atoms. The molecule has 0 heterocycles. The molecular formula is C16H17NO3. The first-order valence-electron chi connectivity index (χ1n) is 6.36. The zero-order valence-corrected chi connectivity index (χ0v) is 11.2. The molecule has 1 unspecified atom stereocenters. The first kappa shape index (κ1) is 13.9. The van der Waals surface area contributed by atoms with E-state index in [4.69, 9.17) is 4.74 Å². The second kappa shape index (κ2) is 6.61. The average molecular weight is 271 g/mol. The lowest BCUT2D eigenvalue weighted by Gasteiger charge is -2.15. The van der Waals surface area contributed by atoms with Gasteiger partial charge in [-0.25, -0.2) is 0 Å². The number of carboxylic acid groups (broad SMARTS) is 1. The van der Waals surface area contributed by atoms with Crippen molar-refractivity contribution in [2.45, 2.75) is 5.92 Å². The van der Waals surface area contributed by atoms with Crippen LogP contribution in [0.1, 0.15) is 11.5 Å². The SMILES string of the molecule is COc1ccc(C(CNc2ccccc2)C(=O)O)cc1. The fourth-order valence-corrected chi connectivity index (χ4v) is 1.96. The second-order valence-electron chi connectivity index (χ2n) is 4.41. The predicted molar refractivity (Wildman–Crippen MR) is 78.3 cm³/mol. The summed E-state index contributed by atoms with van der Waals surface area (Å²) < 4.78 is 5.08. The van der Waals surface area contributed by atoms with Gasteiger partial charge in [0.1, 0.15) is 5.75 Å². The molecule has 0 aliphatic carbocycles. The molecule has 0 spiro atoms. The Labute approximate surface area is 118 Å². The summed E-state index contributed by atoms with van der Waals surface area (Å²) in [5, 5.41) is 12.5. The van der Waals surface area contributed by atoms with Crippen molar-refractivity contribution in [3.05, 3.63) is 60.2 Å². The van der Waals surface area contributed by atoms with Crippen LogP contribution in [0.3, 0.4) is 0 Å². The molecule has 0 saturated heterocycles. The molecule has 4 nitrogen and oxygen atoms in total. The van der Waals surface area contributed by atoms with Gasteiger partial charge in [-0.05, 0) is 29.8 Å². The maximum atomic E-state index is 11.4. The van der Waals surface area contributed by atoms with Crippen LogP contribution >= 0.6 is 0 Å². The molecule has 2 N–H and O–H groups in total. The maximum Gasteiger partial charge on any atom is 0.312 e. The first-order valence-corrected chi connectivity index (χ1v) is 6.36. The average Bonchev–Trinajstić information content (AvgIpc) is 2.49. The summed E-state index contributed by atoms with van der Waals surface area (Å²) in [4.78, 5) is 11.4. The number of carboxylic acids is 1. The quantitative estimate of drug-likeness (QED) is 0.848. The van der Waals surface area contributed by atoms with E-state index in [0.717, 1.165) is 11.3 Å². The van der Waals surface area contributed by atoms with Crippen LogP contribution < -0.4 is 10.1 Å². The number of nitrogens with one attached hydrogen (secondary N) is 1. The molecule has 0 aliphatic rings. The first-order chi connectivity index (χ1) is 9.70. The highest BCUT2D eigenvalue weighted by Gasteiger charge is 2.19. The smallest absolute Gasteiger partial charge is 0.312 e. The van der Waals surface area contributed by atoms with Gasteiger partial charge in [0, 0.05) is 12.2 Å². The van der Waals surface area contributed by atoms with Crippen LogP contribution in [0, 0.1) is 0 Å². The third kappa shape index (κ3) is 3.51. The number of ether oxygens (including phenoxy) is 1. The van der Waals surface area contributed by atoms with Gasteiger partial charge in [0.15, 0.2) is 0 Å². The van der Waals surface area contributed by atoms with Crippen molar-refractivity contribution in [2.75, 3.05) is 19.0 Å². The van der Waals surface area contributed by atoms with Crippen molar-refractivity contribution in [3.8, 4) is 5.75 Å². The number of rotatable bonds is 6. The third-order valence-electron chi connectivity index (χ3n) is 3.10. The fraction of sp³-hybridized carbons (Fsp3) is 0.188. The van der Waals surface area contributed by atoms with Gasteiger partial charge >= 0.3 is 5.97 Å². The van der Waals surface area contributed by atoms with E-state index in [-0.39, 0.29) is 0 Å². The zero-order chi connectivity index (χ0) is 14.4. The second-order valence-corrected chi connectivity index (χ2v) is 4.41. The molecule has 4 heteroatoms. The molecule has 0 aliphatic heterocycles. The van der Waals surface area contributed by atoms with Crippen LogP contribution in [-0.4, -0.2) is 24.7 Å². The third-order valence-corrected chi connectivity index (χ3v) is 3.10. The summed E-state index contributed by atoms with van der Waals surface area (Å²) in [6.45, 7) is 0.339. The lowest BCUT2D eigenvalue weighted by atomic mass is 9.99. The zero-order valence-electron chi connectivity index (χ0n) is 11.2. The lowest BCUT2D eigenvalue weighted by Crippen LogP contribution is -2.20. The summed E-state index contributed by atoms with van der Waals surface area (Å²) in [5.74, 6) is -0.728. The topological polar surface area (TPSA) is 58.6 Å².